The lowest BCUT2D eigenvalue weighted by Crippen LogP contribution is -2.20. The maximum absolute atomic E-state index is 13.1. The molecule has 156 valence electrons. The van der Waals surface area contributed by atoms with Gasteiger partial charge in [0.2, 0.25) is 5.91 Å². The van der Waals surface area contributed by atoms with Crippen molar-refractivity contribution in [2.45, 2.75) is 18.8 Å². The van der Waals surface area contributed by atoms with Gasteiger partial charge in [0.05, 0.1) is 26.3 Å². The van der Waals surface area contributed by atoms with E-state index in [2.05, 4.69) is 26.6 Å². The molecule has 2 aromatic carbocycles. The highest BCUT2D eigenvalue weighted by Gasteiger charge is 2.32. The summed E-state index contributed by atoms with van der Waals surface area (Å²) < 4.78 is 10.9. The maximum Gasteiger partial charge on any atom is 0.233 e. The summed E-state index contributed by atoms with van der Waals surface area (Å²) >= 11 is 0. The fourth-order valence-electron chi connectivity index (χ4n) is 4.32. The molecule has 2 aromatic heterocycles. The molecule has 1 atom stereocenters. The third-order valence-corrected chi connectivity index (χ3v) is 5.86. The number of benzene rings is 2. The Morgan fingerprint density at radius 3 is 2.74 bits per heavy atom. The number of carbonyl (C=O) groups is 1. The minimum atomic E-state index is -0.246. The Morgan fingerprint density at radius 1 is 1.06 bits per heavy atom. The van der Waals surface area contributed by atoms with Crippen LogP contribution in [0.25, 0.3) is 21.9 Å². The van der Waals surface area contributed by atoms with Crippen LogP contribution in [-0.2, 0) is 11.2 Å². The molecule has 7 nitrogen and oxygen atoms in total. The lowest BCUT2D eigenvalue weighted by atomic mass is 9.99. The van der Waals surface area contributed by atoms with Gasteiger partial charge in [0.1, 0.15) is 5.82 Å². The molecule has 1 aliphatic rings. The number of nitrogens with zero attached hydrogens (tertiary/aromatic N) is 2. The minimum Gasteiger partial charge on any atom is -0.493 e. The van der Waals surface area contributed by atoms with Crippen LogP contribution in [0.1, 0.15) is 23.5 Å². The van der Waals surface area contributed by atoms with Gasteiger partial charge in [-0.1, -0.05) is 18.2 Å². The molecular weight excluding hydrogens is 392 g/mol. The van der Waals surface area contributed by atoms with E-state index in [1.165, 1.54) is 0 Å². The van der Waals surface area contributed by atoms with Gasteiger partial charge in [0.25, 0.3) is 0 Å². The highest BCUT2D eigenvalue weighted by atomic mass is 16.5. The molecule has 7 heteroatoms. The van der Waals surface area contributed by atoms with Gasteiger partial charge in [0.15, 0.2) is 11.5 Å². The number of amides is 1. The maximum atomic E-state index is 13.1. The monoisotopic (exact) mass is 414 g/mol. The fraction of sp³-hybridized carbons (Fsp3) is 0.208. The standard InChI is InChI=1S/C24H22N4O3/c1-30-21-8-7-18-19(23(21)31-2)5-6-20(18)24(29)28-22-10-16-9-14(17-12-26-27-13-17)3-4-15(16)11-25-22/h3-4,7-13,20H,5-6H2,1-2H3,(H,26,27)(H,25,28,29)/t20-/m0/s1. The van der Waals surface area contributed by atoms with Crippen molar-refractivity contribution in [3.8, 4) is 22.6 Å². The molecule has 0 aliphatic heterocycles. The summed E-state index contributed by atoms with van der Waals surface area (Å²) in [6.07, 6.45) is 6.91. The van der Waals surface area contributed by atoms with Crippen LogP contribution in [0.4, 0.5) is 5.82 Å². The number of carbonyl (C=O) groups excluding carboxylic acids is 1. The second kappa shape index (κ2) is 7.75. The Kier molecular flexibility index (Phi) is 4.78. The number of ether oxygens (including phenoxy) is 2. The van der Waals surface area contributed by atoms with E-state index in [0.29, 0.717) is 17.3 Å². The number of hydrogen-bond donors (Lipinski definition) is 2. The summed E-state index contributed by atoms with van der Waals surface area (Å²) in [6, 6.07) is 11.8. The quantitative estimate of drug-likeness (QED) is 0.508. The molecule has 1 amide bonds. The van der Waals surface area contributed by atoms with Crippen LogP contribution in [-0.4, -0.2) is 35.3 Å². The van der Waals surface area contributed by atoms with Gasteiger partial charge in [-0.15, -0.1) is 0 Å². The lowest BCUT2D eigenvalue weighted by Gasteiger charge is -2.15. The van der Waals surface area contributed by atoms with E-state index in [4.69, 9.17) is 9.47 Å². The normalized spacial score (nSPS) is 15.0. The number of aromatic amines is 1. The Morgan fingerprint density at radius 2 is 1.97 bits per heavy atom. The van der Waals surface area contributed by atoms with E-state index in [9.17, 15) is 4.79 Å². The van der Waals surface area contributed by atoms with E-state index in [0.717, 1.165) is 45.9 Å². The van der Waals surface area contributed by atoms with Gasteiger partial charge < -0.3 is 14.8 Å². The van der Waals surface area contributed by atoms with Crippen LogP contribution in [0.2, 0.25) is 0 Å². The number of anilines is 1. The lowest BCUT2D eigenvalue weighted by molar-refractivity contribution is -0.117. The van der Waals surface area contributed by atoms with Crippen LogP contribution < -0.4 is 14.8 Å². The van der Waals surface area contributed by atoms with Crippen LogP contribution in [0.15, 0.2) is 55.0 Å². The largest absolute Gasteiger partial charge is 0.493 e. The number of hydrogen-bond acceptors (Lipinski definition) is 5. The average molecular weight is 414 g/mol. The number of nitrogens with one attached hydrogen (secondary N) is 2. The summed E-state index contributed by atoms with van der Waals surface area (Å²) in [5.41, 5.74) is 4.09. The van der Waals surface area contributed by atoms with Crippen molar-refractivity contribution in [2.24, 2.45) is 0 Å². The number of pyridine rings is 1. The predicted octanol–water partition coefficient (Wildman–Crippen LogP) is 4.31. The summed E-state index contributed by atoms with van der Waals surface area (Å²) in [5.74, 6) is 1.63. The first-order chi connectivity index (χ1) is 15.2. The molecule has 4 aromatic rings. The van der Waals surface area contributed by atoms with Crippen LogP contribution in [0, 0.1) is 0 Å². The van der Waals surface area contributed by atoms with E-state index in [1.54, 1.807) is 26.6 Å². The Hall–Kier alpha value is -3.87. The summed E-state index contributed by atoms with van der Waals surface area (Å²) in [5, 5.41) is 11.8. The molecule has 0 radical (unpaired) electrons. The SMILES string of the molecule is COc1ccc2c(c1OC)CC[C@@H]2C(=O)Nc1cc2cc(-c3cn[nH]c3)ccc2cn1. The summed E-state index contributed by atoms with van der Waals surface area (Å²) in [7, 11) is 3.25. The molecule has 2 N–H and O–H groups in total. The molecule has 0 fully saturated rings. The highest BCUT2D eigenvalue weighted by Crippen LogP contribution is 2.43. The van der Waals surface area contributed by atoms with E-state index >= 15 is 0 Å². The third-order valence-electron chi connectivity index (χ3n) is 5.86. The van der Waals surface area contributed by atoms with E-state index in [-0.39, 0.29) is 11.8 Å². The second-order valence-electron chi connectivity index (χ2n) is 7.57. The molecule has 2 heterocycles. The third kappa shape index (κ3) is 3.38. The van der Waals surface area contributed by atoms with Crippen molar-refractivity contribution in [2.75, 3.05) is 19.5 Å². The van der Waals surface area contributed by atoms with E-state index < -0.39 is 0 Å². The van der Waals surface area contributed by atoms with Crippen molar-refractivity contribution in [3.63, 3.8) is 0 Å². The zero-order chi connectivity index (χ0) is 21.4. The Balaban J connectivity index is 1.41. The van der Waals surface area contributed by atoms with Gasteiger partial charge in [-0.2, -0.15) is 5.10 Å². The zero-order valence-corrected chi connectivity index (χ0v) is 17.3. The first kappa shape index (κ1) is 19.1. The molecule has 1 aliphatic carbocycles. The molecule has 31 heavy (non-hydrogen) atoms. The first-order valence-corrected chi connectivity index (χ1v) is 10.1. The van der Waals surface area contributed by atoms with Crippen molar-refractivity contribution < 1.29 is 14.3 Å². The van der Waals surface area contributed by atoms with Gasteiger partial charge in [0, 0.05) is 28.9 Å². The van der Waals surface area contributed by atoms with Crippen molar-refractivity contribution >= 4 is 22.5 Å². The molecule has 0 saturated heterocycles. The van der Waals surface area contributed by atoms with E-state index in [1.807, 2.05) is 36.5 Å². The van der Waals surface area contributed by atoms with Gasteiger partial charge in [-0.25, -0.2) is 4.98 Å². The second-order valence-corrected chi connectivity index (χ2v) is 7.57. The number of rotatable bonds is 5. The number of aromatic nitrogens is 3. The first-order valence-electron chi connectivity index (χ1n) is 10.1. The highest BCUT2D eigenvalue weighted by molar-refractivity contribution is 5.98. The van der Waals surface area contributed by atoms with Crippen molar-refractivity contribution in [1.82, 2.24) is 15.2 Å². The van der Waals surface area contributed by atoms with Crippen LogP contribution in [0.5, 0.6) is 11.5 Å². The smallest absolute Gasteiger partial charge is 0.233 e. The van der Waals surface area contributed by atoms with Crippen molar-refractivity contribution in [3.05, 3.63) is 66.1 Å². The van der Waals surface area contributed by atoms with Crippen LogP contribution >= 0.6 is 0 Å². The molecule has 0 unspecified atom stereocenters. The Bertz CT molecular complexity index is 1270. The minimum absolute atomic E-state index is 0.0659. The molecule has 0 saturated carbocycles. The van der Waals surface area contributed by atoms with Gasteiger partial charge in [-0.3, -0.25) is 9.89 Å². The van der Waals surface area contributed by atoms with Gasteiger partial charge in [-0.05, 0) is 47.6 Å². The Labute approximate surface area is 179 Å². The van der Waals surface area contributed by atoms with Crippen molar-refractivity contribution in [1.29, 1.82) is 0 Å². The molecule has 5 rings (SSSR count). The fourth-order valence-corrected chi connectivity index (χ4v) is 4.32. The number of H-pyrrole nitrogens is 1. The average Bonchev–Trinajstić information content (AvgIpc) is 3.48. The molecule has 0 spiro atoms. The summed E-state index contributed by atoms with van der Waals surface area (Å²) in [6.45, 7) is 0. The number of fused-ring (bicyclic) bond motifs is 2. The molecular formula is C24H22N4O3. The van der Waals surface area contributed by atoms with Crippen LogP contribution in [0.3, 0.4) is 0 Å². The predicted molar refractivity (Wildman–Crippen MR) is 119 cm³/mol. The topological polar surface area (TPSA) is 89.1 Å². The summed E-state index contributed by atoms with van der Waals surface area (Å²) in [4.78, 5) is 17.5. The zero-order valence-electron chi connectivity index (χ0n) is 17.3. The molecule has 0 bridgehead atoms. The number of methoxy groups -OCH3 is 2. The van der Waals surface area contributed by atoms with Gasteiger partial charge >= 0.3 is 0 Å².